The van der Waals surface area contributed by atoms with Crippen molar-refractivity contribution in [2.24, 2.45) is 7.05 Å². The zero-order valence-corrected chi connectivity index (χ0v) is 20.9. The number of halogens is 8. The van der Waals surface area contributed by atoms with Crippen molar-refractivity contribution in [1.29, 1.82) is 0 Å². The molecule has 0 atom stereocenters. The topological polar surface area (TPSA) is 105 Å². The third kappa shape index (κ3) is 5.16. The molecule has 0 radical (unpaired) electrons. The number of nitrogens with zero attached hydrogens (tertiary/aromatic N) is 8. The summed E-state index contributed by atoms with van der Waals surface area (Å²) in [6.45, 7) is 1.80. The van der Waals surface area contributed by atoms with E-state index < -0.39 is 45.9 Å². The van der Waals surface area contributed by atoms with Gasteiger partial charge in [0.2, 0.25) is 0 Å². The molecule has 0 amide bonds. The number of hydrogen-bond acceptors (Lipinski definition) is 7. The van der Waals surface area contributed by atoms with E-state index in [2.05, 4.69) is 25.3 Å². The minimum absolute atomic E-state index is 0.180. The molecule has 0 aliphatic rings. The third-order valence-corrected chi connectivity index (χ3v) is 6.55. The van der Waals surface area contributed by atoms with Gasteiger partial charge >= 0.3 is 18.3 Å². The van der Waals surface area contributed by atoms with Gasteiger partial charge in [0.05, 0.1) is 16.7 Å². The van der Waals surface area contributed by atoms with Crippen molar-refractivity contribution in [3.05, 3.63) is 42.2 Å². The maximum absolute atomic E-state index is 14.4. The van der Waals surface area contributed by atoms with Gasteiger partial charge in [0.25, 0.3) is 5.95 Å². The molecule has 0 aliphatic carbocycles. The van der Waals surface area contributed by atoms with Crippen molar-refractivity contribution in [1.82, 2.24) is 39.3 Å². The van der Waals surface area contributed by atoms with Crippen LogP contribution in [0.25, 0.3) is 22.9 Å². The predicted molar refractivity (Wildman–Crippen MR) is 123 cm³/mol. The molecule has 4 heterocycles. The summed E-state index contributed by atoms with van der Waals surface area (Å²) >= 11 is 0.712. The van der Waals surface area contributed by atoms with Crippen LogP contribution >= 0.6 is 11.8 Å². The molecule has 39 heavy (non-hydrogen) atoms. The Bertz CT molecular complexity index is 1450. The summed E-state index contributed by atoms with van der Waals surface area (Å²) in [6.07, 6.45) is -5.30. The number of anilines is 1. The molecule has 4 aromatic rings. The average molecular weight is 581 g/mol. The SMILES string of the molecule is CCCCSc1c(C(F)(F)C(F)(F)F)nn(C)c1-n1cc(-c2c(C(F)(F)F)nn(-c3ncccn3)c2N)cn1. The average Bonchev–Trinajstić information content (AvgIpc) is 3.54. The van der Waals surface area contributed by atoms with E-state index in [0.29, 0.717) is 29.3 Å². The number of nitrogens with two attached hydrogens (primary N) is 1. The molecule has 18 heteroatoms. The van der Waals surface area contributed by atoms with E-state index in [-0.39, 0.29) is 23.1 Å². The molecule has 0 spiro atoms. The fourth-order valence-electron chi connectivity index (χ4n) is 3.57. The van der Waals surface area contributed by atoms with Gasteiger partial charge in [-0.25, -0.2) is 19.3 Å². The smallest absolute Gasteiger partial charge is 0.383 e. The predicted octanol–water partition coefficient (Wildman–Crippen LogP) is 5.40. The molecule has 0 aliphatic heterocycles. The first-order chi connectivity index (χ1) is 18.2. The van der Waals surface area contributed by atoms with Gasteiger partial charge in [-0.05, 0) is 18.2 Å². The van der Waals surface area contributed by atoms with Crippen molar-refractivity contribution < 1.29 is 35.1 Å². The van der Waals surface area contributed by atoms with Crippen molar-refractivity contribution in [3.63, 3.8) is 0 Å². The molecule has 0 saturated heterocycles. The zero-order chi connectivity index (χ0) is 28.8. The highest BCUT2D eigenvalue weighted by atomic mass is 32.2. The lowest BCUT2D eigenvalue weighted by molar-refractivity contribution is -0.292. The van der Waals surface area contributed by atoms with E-state index in [1.54, 1.807) is 6.92 Å². The number of aromatic nitrogens is 8. The number of thioether (sulfide) groups is 1. The number of nitrogen functional groups attached to an aromatic ring is 1. The quantitative estimate of drug-likeness (QED) is 0.169. The van der Waals surface area contributed by atoms with Gasteiger partial charge in [0.15, 0.2) is 17.2 Å². The van der Waals surface area contributed by atoms with Crippen LogP contribution in [0.15, 0.2) is 35.7 Å². The van der Waals surface area contributed by atoms with Gasteiger partial charge in [0, 0.05) is 31.2 Å². The highest BCUT2D eigenvalue weighted by molar-refractivity contribution is 7.99. The summed E-state index contributed by atoms with van der Waals surface area (Å²) in [5.74, 6) is -6.16. The fourth-order valence-corrected chi connectivity index (χ4v) is 4.87. The molecular formula is C21H19F8N9S. The molecule has 0 bridgehead atoms. The van der Waals surface area contributed by atoms with E-state index in [0.717, 1.165) is 28.8 Å². The molecule has 0 aromatic carbocycles. The molecule has 0 fully saturated rings. The van der Waals surface area contributed by atoms with Crippen LogP contribution in [-0.2, 0) is 19.1 Å². The Morgan fingerprint density at radius 1 is 0.974 bits per heavy atom. The Kier molecular flexibility index (Phi) is 7.35. The Morgan fingerprint density at radius 2 is 1.64 bits per heavy atom. The molecule has 0 saturated carbocycles. The van der Waals surface area contributed by atoms with Crippen LogP contribution in [0.2, 0.25) is 0 Å². The molecule has 2 N–H and O–H groups in total. The number of alkyl halides is 8. The first kappa shape index (κ1) is 28.3. The van der Waals surface area contributed by atoms with E-state index in [1.165, 1.54) is 18.5 Å². The summed E-state index contributed by atoms with van der Waals surface area (Å²) < 4.78 is 113. The standard InChI is InChI=1S/C21H19F8N9S/c1-3-4-8-39-13-15(19(22,23)21(27,28)29)34-36(2)17(13)37-10-11(9-33-37)12-14(20(24,25)26)35-38(16(12)30)18-31-6-5-7-32-18/h5-7,9-10H,3-4,8,30H2,1-2H3. The summed E-state index contributed by atoms with van der Waals surface area (Å²) in [6, 6.07) is 1.43. The lowest BCUT2D eigenvalue weighted by atomic mass is 10.1. The Morgan fingerprint density at radius 3 is 2.23 bits per heavy atom. The molecule has 0 unspecified atom stereocenters. The second-order valence-electron chi connectivity index (χ2n) is 8.14. The second-order valence-corrected chi connectivity index (χ2v) is 9.25. The maximum Gasteiger partial charge on any atom is 0.459 e. The van der Waals surface area contributed by atoms with Gasteiger partial charge in [-0.15, -0.1) is 11.8 Å². The van der Waals surface area contributed by atoms with Crippen LogP contribution in [0, 0.1) is 0 Å². The van der Waals surface area contributed by atoms with Gasteiger partial charge < -0.3 is 5.73 Å². The van der Waals surface area contributed by atoms with E-state index in [4.69, 9.17) is 5.73 Å². The van der Waals surface area contributed by atoms with Crippen LogP contribution < -0.4 is 5.73 Å². The third-order valence-electron chi connectivity index (χ3n) is 5.39. The largest absolute Gasteiger partial charge is 0.459 e. The Labute approximate surface area is 219 Å². The number of hydrogen-bond donors (Lipinski definition) is 1. The van der Waals surface area contributed by atoms with Gasteiger partial charge in [-0.3, -0.25) is 0 Å². The lowest BCUT2D eigenvalue weighted by Gasteiger charge is -2.18. The summed E-state index contributed by atoms with van der Waals surface area (Å²) in [4.78, 5) is 7.17. The highest BCUT2D eigenvalue weighted by Gasteiger charge is 2.62. The molecule has 210 valence electrons. The fraction of sp³-hybridized carbons (Fsp3) is 0.381. The molecule has 4 aromatic heterocycles. The summed E-state index contributed by atoms with van der Waals surface area (Å²) in [5, 5.41) is 10.9. The van der Waals surface area contributed by atoms with Crippen LogP contribution in [0.1, 0.15) is 31.2 Å². The second kappa shape index (κ2) is 10.1. The Hall–Kier alpha value is -3.70. The number of unbranched alkanes of at least 4 members (excludes halogenated alkanes) is 1. The zero-order valence-electron chi connectivity index (χ0n) is 20.1. The van der Waals surface area contributed by atoms with Crippen molar-refractivity contribution >= 4 is 17.6 Å². The normalized spacial score (nSPS) is 12.9. The highest BCUT2D eigenvalue weighted by Crippen LogP contribution is 2.48. The Balaban J connectivity index is 1.88. The van der Waals surface area contributed by atoms with Gasteiger partial charge in [0.1, 0.15) is 5.82 Å². The van der Waals surface area contributed by atoms with Gasteiger partial charge in [-0.2, -0.15) is 55.1 Å². The van der Waals surface area contributed by atoms with Crippen LogP contribution in [-0.4, -0.2) is 51.2 Å². The minimum Gasteiger partial charge on any atom is -0.383 e. The maximum atomic E-state index is 14.4. The molecule has 9 nitrogen and oxygen atoms in total. The number of aryl methyl sites for hydroxylation is 1. The monoisotopic (exact) mass is 581 g/mol. The van der Waals surface area contributed by atoms with Crippen molar-refractivity contribution in [2.75, 3.05) is 11.5 Å². The number of rotatable bonds is 8. The van der Waals surface area contributed by atoms with Gasteiger partial charge in [-0.1, -0.05) is 13.3 Å². The summed E-state index contributed by atoms with van der Waals surface area (Å²) in [7, 11) is 1.12. The molecular weight excluding hydrogens is 562 g/mol. The van der Waals surface area contributed by atoms with E-state index in [9.17, 15) is 35.1 Å². The first-order valence-corrected chi connectivity index (χ1v) is 12.1. The molecule has 4 rings (SSSR count). The first-order valence-electron chi connectivity index (χ1n) is 11.1. The van der Waals surface area contributed by atoms with Crippen molar-refractivity contribution in [3.8, 4) is 22.9 Å². The van der Waals surface area contributed by atoms with E-state index in [1.807, 2.05) is 0 Å². The summed E-state index contributed by atoms with van der Waals surface area (Å²) in [5.41, 5.74) is 2.22. The van der Waals surface area contributed by atoms with Crippen LogP contribution in [0.4, 0.5) is 40.9 Å². The van der Waals surface area contributed by atoms with E-state index >= 15 is 0 Å². The van der Waals surface area contributed by atoms with Crippen molar-refractivity contribution in [2.45, 2.75) is 42.9 Å². The minimum atomic E-state index is -5.93. The van der Waals surface area contributed by atoms with Crippen LogP contribution in [0.5, 0.6) is 0 Å². The lowest BCUT2D eigenvalue weighted by Crippen LogP contribution is -2.34. The van der Waals surface area contributed by atoms with Crippen LogP contribution in [0.3, 0.4) is 0 Å².